The van der Waals surface area contributed by atoms with Gasteiger partial charge in [-0.25, -0.2) is 4.39 Å². The van der Waals surface area contributed by atoms with E-state index < -0.39 is 5.82 Å². The smallest absolute Gasteiger partial charge is 0.258 e. The molecule has 7 nitrogen and oxygen atoms in total. The van der Waals surface area contributed by atoms with Crippen LogP contribution in [0.2, 0.25) is 0 Å². The van der Waals surface area contributed by atoms with Gasteiger partial charge in [-0.15, -0.1) is 0 Å². The van der Waals surface area contributed by atoms with E-state index in [4.69, 9.17) is 26.2 Å². The van der Waals surface area contributed by atoms with E-state index in [0.29, 0.717) is 16.6 Å². The number of nitrogens with zero attached hydrogens (tertiary/aromatic N) is 3. The van der Waals surface area contributed by atoms with E-state index in [0.717, 1.165) is 35.5 Å². The number of benzene rings is 2. The Balaban J connectivity index is 1.78. The topological polar surface area (TPSA) is 72.7 Å². The maximum absolute atomic E-state index is 14.2. The van der Waals surface area contributed by atoms with Gasteiger partial charge in [0.1, 0.15) is 5.75 Å². The zero-order valence-corrected chi connectivity index (χ0v) is 19.7. The van der Waals surface area contributed by atoms with Crippen molar-refractivity contribution in [3.05, 3.63) is 65.4 Å². The van der Waals surface area contributed by atoms with E-state index in [2.05, 4.69) is 22.4 Å². The molecule has 1 atom stereocenters. The maximum atomic E-state index is 14.2. The van der Waals surface area contributed by atoms with Crippen molar-refractivity contribution in [2.45, 2.75) is 26.3 Å². The second-order valence-electron chi connectivity index (χ2n) is 7.58. The highest BCUT2D eigenvalue weighted by Gasteiger charge is 2.33. The van der Waals surface area contributed by atoms with Crippen LogP contribution in [-0.4, -0.2) is 40.9 Å². The molecule has 0 aliphatic carbocycles. The Morgan fingerprint density at radius 2 is 1.91 bits per heavy atom. The van der Waals surface area contributed by atoms with E-state index in [1.807, 2.05) is 36.1 Å². The molecule has 0 bridgehead atoms. The average molecular weight is 469 g/mol. The molecule has 0 saturated heterocycles. The van der Waals surface area contributed by atoms with E-state index in [-0.39, 0.29) is 17.6 Å². The van der Waals surface area contributed by atoms with Crippen molar-refractivity contribution in [2.75, 3.05) is 20.8 Å². The third-order valence-electron chi connectivity index (χ3n) is 5.56. The zero-order valence-electron chi connectivity index (χ0n) is 18.9. The molecule has 33 heavy (non-hydrogen) atoms. The van der Waals surface area contributed by atoms with E-state index >= 15 is 0 Å². The Hall–Kier alpha value is -3.46. The molecular formula is C24H25FN4O3S. The van der Waals surface area contributed by atoms with Gasteiger partial charge in [-0.1, -0.05) is 24.2 Å². The number of thiocarbonyl (C=S) groups is 1. The number of rotatable bonds is 7. The number of methoxy groups -OCH3 is 2. The largest absolute Gasteiger partial charge is 0.497 e. The Labute approximate surface area is 197 Å². The summed E-state index contributed by atoms with van der Waals surface area (Å²) in [6.45, 7) is 4.83. The second-order valence-corrected chi connectivity index (χ2v) is 7.97. The lowest BCUT2D eigenvalue weighted by atomic mass is 9.94. The quantitative estimate of drug-likeness (QED) is 0.488. The van der Waals surface area contributed by atoms with Crippen molar-refractivity contribution in [1.29, 1.82) is 0 Å². The average Bonchev–Trinajstić information content (AvgIpc) is 3.31. The first-order valence-electron chi connectivity index (χ1n) is 10.6. The molecule has 0 amide bonds. The first-order valence-corrected chi connectivity index (χ1v) is 11.0. The molecule has 1 unspecified atom stereocenters. The monoisotopic (exact) mass is 468 g/mol. The van der Waals surface area contributed by atoms with Gasteiger partial charge >= 0.3 is 0 Å². The highest BCUT2D eigenvalue weighted by atomic mass is 32.1. The molecule has 1 aliphatic rings. The standard InChI is InChI=1S/C24H25FN4O3S/c1-5-12-29-14(2)20(21(26-24(29)33)15-6-9-17(30-3)10-7-15)23-27-22(28-32-23)16-8-11-19(31-4)18(25)13-16/h6-11,13,21H,5,12H2,1-4H3,(H,26,33). The Morgan fingerprint density at radius 1 is 1.15 bits per heavy atom. The number of ether oxygens (including phenoxy) is 2. The van der Waals surface area contributed by atoms with Gasteiger partial charge in [0.15, 0.2) is 16.7 Å². The SMILES string of the molecule is CCCN1C(=S)NC(c2ccc(OC)cc2)C(c2nc(-c3ccc(OC)c(F)c3)no2)=C1C. The third kappa shape index (κ3) is 4.41. The van der Waals surface area contributed by atoms with Crippen LogP contribution >= 0.6 is 12.2 Å². The Kier molecular flexibility index (Phi) is 6.60. The summed E-state index contributed by atoms with van der Waals surface area (Å²) < 4.78 is 30.2. The summed E-state index contributed by atoms with van der Waals surface area (Å²) in [5.74, 6) is 1.05. The molecule has 4 rings (SSSR count). The van der Waals surface area contributed by atoms with Crippen LogP contribution in [0.4, 0.5) is 4.39 Å². The number of aromatic nitrogens is 2. The van der Waals surface area contributed by atoms with Crippen LogP contribution < -0.4 is 14.8 Å². The molecule has 3 aromatic rings. The molecule has 2 aromatic carbocycles. The van der Waals surface area contributed by atoms with Crippen LogP contribution in [0.3, 0.4) is 0 Å². The minimum atomic E-state index is -0.494. The summed E-state index contributed by atoms with van der Waals surface area (Å²) >= 11 is 5.65. The minimum Gasteiger partial charge on any atom is -0.497 e. The first-order chi connectivity index (χ1) is 16.0. The van der Waals surface area contributed by atoms with Crippen LogP contribution in [0.25, 0.3) is 17.0 Å². The Morgan fingerprint density at radius 3 is 2.55 bits per heavy atom. The first kappa shape index (κ1) is 22.7. The van der Waals surface area contributed by atoms with Gasteiger partial charge in [-0.05, 0) is 61.5 Å². The molecule has 0 radical (unpaired) electrons. The van der Waals surface area contributed by atoms with Gasteiger partial charge in [0.25, 0.3) is 5.89 Å². The summed E-state index contributed by atoms with van der Waals surface area (Å²) in [5.41, 5.74) is 3.21. The fourth-order valence-electron chi connectivity index (χ4n) is 3.85. The molecule has 1 aromatic heterocycles. The molecule has 0 saturated carbocycles. The zero-order chi connectivity index (χ0) is 23.5. The molecule has 1 N–H and O–H groups in total. The van der Waals surface area contributed by atoms with Gasteiger partial charge in [0.05, 0.1) is 25.8 Å². The number of allylic oxidation sites excluding steroid dienone is 1. The van der Waals surface area contributed by atoms with Crippen molar-refractivity contribution in [1.82, 2.24) is 20.4 Å². The van der Waals surface area contributed by atoms with Crippen LogP contribution in [0, 0.1) is 5.82 Å². The maximum Gasteiger partial charge on any atom is 0.258 e. The van der Waals surface area contributed by atoms with Gasteiger partial charge in [-0.3, -0.25) is 0 Å². The van der Waals surface area contributed by atoms with Gasteiger partial charge < -0.3 is 24.2 Å². The molecule has 2 heterocycles. The highest BCUT2D eigenvalue weighted by molar-refractivity contribution is 7.80. The number of hydrogen-bond acceptors (Lipinski definition) is 6. The van der Waals surface area contributed by atoms with E-state index in [1.54, 1.807) is 13.2 Å². The molecular weight excluding hydrogens is 443 g/mol. The fourth-order valence-corrected chi connectivity index (χ4v) is 4.20. The van der Waals surface area contributed by atoms with Crippen molar-refractivity contribution < 1.29 is 18.4 Å². The highest BCUT2D eigenvalue weighted by Crippen LogP contribution is 2.38. The van der Waals surface area contributed by atoms with Crippen LogP contribution in [0.15, 0.2) is 52.7 Å². The fraction of sp³-hybridized carbons (Fsp3) is 0.292. The lowest BCUT2D eigenvalue weighted by Crippen LogP contribution is -2.46. The van der Waals surface area contributed by atoms with E-state index in [9.17, 15) is 4.39 Å². The van der Waals surface area contributed by atoms with Crippen LogP contribution in [0.5, 0.6) is 11.5 Å². The summed E-state index contributed by atoms with van der Waals surface area (Å²) in [6, 6.07) is 12.0. The predicted octanol–water partition coefficient (Wildman–Crippen LogP) is 4.97. The van der Waals surface area contributed by atoms with Gasteiger partial charge in [0, 0.05) is 17.8 Å². The van der Waals surface area contributed by atoms with Gasteiger partial charge in [0.2, 0.25) is 5.82 Å². The third-order valence-corrected chi connectivity index (χ3v) is 5.90. The van der Waals surface area contributed by atoms with Crippen molar-refractivity contribution in [3.8, 4) is 22.9 Å². The summed E-state index contributed by atoms with van der Waals surface area (Å²) in [7, 11) is 3.05. The molecule has 0 fully saturated rings. The second kappa shape index (κ2) is 9.58. The lowest BCUT2D eigenvalue weighted by molar-refractivity contribution is 0.386. The molecule has 9 heteroatoms. The summed E-state index contributed by atoms with van der Waals surface area (Å²) in [5, 5.41) is 8.16. The number of nitrogens with one attached hydrogen (secondary N) is 1. The lowest BCUT2D eigenvalue weighted by Gasteiger charge is -2.37. The van der Waals surface area contributed by atoms with Crippen molar-refractivity contribution in [2.24, 2.45) is 0 Å². The van der Waals surface area contributed by atoms with E-state index in [1.165, 1.54) is 19.2 Å². The number of halogens is 1. The number of hydrogen-bond donors (Lipinski definition) is 1. The Bertz CT molecular complexity index is 1190. The minimum absolute atomic E-state index is 0.154. The van der Waals surface area contributed by atoms with Crippen LogP contribution in [-0.2, 0) is 0 Å². The summed E-state index contributed by atoms with van der Waals surface area (Å²) in [4.78, 5) is 6.63. The molecule has 0 spiro atoms. The molecule has 172 valence electrons. The predicted molar refractivity (Wildman–Crippen MR) is 127 cm³/mol. The molecule has 1 aliphatic heterocycles. The normalized spacial score (nSPS) is 16.1. The van der Waals surface area contributed by atoms with Crippen molar-refractivity contribution >= 4 is 22.9 Å². The summed E-state index contributed by atoms with van der Waals surface area (Å²) in [6.07, 6.45) is 0.917. The van der Waals surface area contributed by atoms with Crippen molar-refractivity contribution in [3.63, 3.8) is 0 Å². The van der Waals surface area contributed by atoms with Gasteiger partial charge in [-0.2, -0.15) is 4.98 Å². The van der Waals surface area contributed by atoms with Crippen LogP contribution in [0.1, 0.15) is 37.8 Å².